The first-order valence-electron chi connectivity index (χ1n) is 4.77. The van der Waals surface area contributed by atoms with E-state index in [0.29, 0.717) is 12.3 Å². The number of rotatable bonds is 3. The quantitative estimate of drug-likeness (QED) is 0.538. The third-order valence-electron chi connectivity index (χ3n) is 2.52. The summed E-state index contributed by atoms with van der Waals surface area (Å²) in [4.78, 5) is 2.22. The fourth-order valence-electron chi connectivity index (χ4n) is 1.74. The summed E-state index contributed by atoms with van der Waals surface area (Å²) in [5.74, 6) is 0.304. The maximum atomic E-state index is 11.9. The summed E-state index contributed by atoms with van der Waals surface area (Å²) in [5.41, 5.74) is 0.872. The van der Waals surface area contributed by atoms with Crippen LogP contribution in [-0.2, 0) is 0 Å². The first-order chi connectivity index (χ1) is 6.27. The minimum Gasteiger partial charge on any atom is -0.411 e. The molecule has 1 heterocycles. The van der Waals surface area contributed by atoms with Gasteiger partial charge in [0.25, 0.3) is 0 Å². The van der Waals surface area contributed by atoms with Crippen molar-refractivity contribution in [1.29, 1.82) is 0 Å². The van der Waals surface area contributed by atoms with Gasteiger partial charge in [0.2, 0.25) is 0 Å². The maximum absolute atomic E-state index is 11.9. The average Bonchev–Trinajstić information content (AvgIpc) is 2.15. The highest BCUT2D eigenvalue weighted by Crippen LogP contribution is 2.13. The van der Waals surface area contributed by atoms with Crippen LogP contribution in [0.4, 0.5) is 4.39 Å². The van der Waals surface area contributed by atoms with Gasteiger partial charge in [-0.2, -0.15) is 0 Å². The Morgan fingerprint density at radius 3 is 3.00 bits per heavy atom. The fourth-order valence-corrected chi connectivity index (χ4v) is 1.74. The van der Waals surface area contributed by atoms with Gasteiger partial charge < -0.3 is 10.1 Å². The Morgan fingerprint density at radius 2 is 2.46 bits per heavy atom. The van der Waals surface area contributed by atoms with Gasteiger partial charge in [0.15, 0.2) is 0 Å². The summed E-state index contributed by atoms with van der Waals surface area (Å²) in [5, 5.41) is 11.9. The first-order valence-corrected chi connectivity index (χ1v) is 4.77. The summed E-state index contributed by atoms with van der Waals surface area (Å²) >= 11 is 0. The largest absolute Gasteiger partial charge is 0.411 e. The summed E-state index contributed by atoms with van der Waals surface area (Å²) < 4.78 is 11.9. The topological polar surface area (TPSA) is 35.8 Å². The highest BCUT2D eigenvalue weighted by Gasteiger charge is 2.21. The lowest BCUT2D eigenvalue weighted by Gasteiger charge is -2.30. The molecule has 0 aromatic carbocycles. The molecule has 1 fully saturated rings. The molecular weight excluding hydrogens is 171 g/mol. The minimum atomic E-state index is -0.244. The van der Waals surface area contributed by atoms with Gasteiger partial charge >= 0.3 is 0 Å². The molecule has 0 aromatic rings. The van der Waals surface area contributed by atoms with E-state index in [9.17, 15) is 4.39 Å². The van der Waals surface area contributed by atoms with E-state index in [1.807, 2.05) is 6.92 Å². The van der Waals surface area contributed by atoms with Gasteiger partial charge in [-0.25, -0.2) is 0 Å². The van der Waals surface area contributed by atoms with E-state index in [4.69, 9.17) is 5.21 Å². The standard InChI is InChI=1S/C9H17FN2O/c1-8-7-12(5-2-4-10)6-3-9(8)11-13/h8,13H,2-7H2,1H3. The highest BCUT2D eigenvalue weighted by atomic mass is 19.1. The zero-order valence-electron chi connectivity index (χ0n) is 8.04. The molecule has 0 spiro atoms. The summed E-state index contributed by atoms with van der Waals surface area (Å²) in [6.07, 6.45) is 1.42. The van der Waals surface area contributed by atoms with E-state index >= 15 is 0 Å². The monoisotopic (exact) mass is 188 g/mol. The lowest BCUT2D eigenvalue weighted by Crippen LogP contribution is -2.40. The van der Waals surface area contributed by atoms with E-state index in [2.05, 4.69) is 10.1 Å². The predicted octanol–water partition coefficient (Wildman–Crippen LogP) is 1.52. The minimum absolute atomic E-state index is 0.244. The van der Waals surface area contributed by atoms with Gasteiger partial charge in [-0.15, -0.1) is 0 Å². The lowest BCUT2D eigenvalue weighted by atomic mass is 9.97. The first kappa shape index (κ1) is 10.4. The number of oxime groups is 1. The van der Waals surface area contributed by atoms with Gasteiger partial charge in [-0.1, -0.05) is 12.1 Å². The molecule has 1 aliphatic heterocycles. The number of halogens is 1. The smallest absolute Gasteiger partial charge is 0.0906 e. The molecule has 0 amide bonds. The Kier molecular flexibility index (Phi) is 4.15. The molecular formula is C9H17FN2O. The maximum Gasteiger partial charge on any atom is 0.0906 e. The summed E-state index contributed by atoms with van der Waals surface area (Å²) in [6.45, 7) is 4.39. The van der Waals surface area contributed by atoms with Crippen molar-refractivity contribution < 1.29 is 9.60 Å². The van der Waals surface area contributed by atoms with Crippen molar-refractivity contribution in [3.63, 3.8) is 0 Å². The molecule has 1 N–H and O–H groups in total. The normalized spacial score (nSPS) is 28.2. The van der Waals surface area contributed by atoms with Crippen LogP contribution in [0.15, 0.2) is 5.16 Å². The molecule has 4 heteroatoms. The molecule has 3 nitrogen and oxygen atoms in total. The Labute approximate surface area is 78.2 Å². The second kappa shape index (κ2) is 5.17. The second-order valence-electron chi connectivity index (χ2n) is 3.59. The van der Waals surface area contributed by atoms with Crippen LogP contribution in [0.2, 0.25) is 0 Å². The molecule has 1 saturated heterocycles. The molecule has 0 aromatic heterocycles. The lowest BCUT2D eigenvalue weighted by molar-refractivity contribution is 0.226. The zero-order chi connectivity index (χ0) is 9.68. The Morgan fingerprint density at radius 1 is 1.69 bits per heavy atom. The van der Waals surface area contributed by atoms with Crippen LogP contribution < -0.4 is 0 Å². The van der Waals surface area contributed by atoms with Crippen LogP contribution in [0.5, 0.6) is 0 Å². The van der Waals surface area contributed by atoms with Gasteiger partial charge in [0.1, 0.15) is 0 Å². The molecule has 0 aliphatic carbocycles. The molecule has 1 aliphatic rings. The number of likely N-dealkylation sites (tertiary alicyclic amines) is 1. The Bertz CT molecular complexity index is 184. The zero-order valence-corrected chi connectivity index (χ0v) is 8.04. The van der Waals surface area contributed by atoms with Gasteiger partial charge in [-0.05, 0) is 6.42 Å². The summed E-state index contributed by atoms with van der Waals surface area (Å²) in [7, 11) is 0. The third kappa shape index (κ3) is 2.95. The van der Waals surface area contributed by atoms with Crippen LogP contribution in [0.3, 0.4) is 0 Å². The molecule has 0 saturated carbocycles. The van der Waals surface area contributed by atoms with Crippen molar-refractivity contribution in [2.24, 2.45) is 11.1 Å². The second-order valence-corrected chi connectivity index (χ2v) is 3.59. The van der Waals surface area contributed by atoms with Crippen LogP contribution >= 0.6 is 0 Å². The number of piperidine rings is 1. The molecule has 1 unspecified atom stereocenters. The van der Waals surface area contributed by atoms with Crippen molar-refractivity contribution >= 4 is 5.71 Å². The van der Waals surface area contributed by atoms with Gasteiger partial charge in [0.05, 0.1) is 12.4 Å². The van der Waals surface area contributed by atoms with Crippen molar-refractivity contribution in [3.8, 4) is 0 Å². The van der Waals surface area contributed by atoms with E-state index in [1.165, 1.54) is 0 Å². The van der Waals surface area contributed by atoms with Crippen LogP contribution in [0.25, 0.3) is 0 Å². The van der Waals surface area contributed by atoms with Crippen molar-refractivity contribution in [1.82, 2.24) is 4.90 Å². The van der Waals surface area contributed by atoms with E-state index in [0.717, 1.165) is 31.8 Å². The predicted molar refractivity (Wildman–Crippen MR) is 50.0 cm³/mol. The highest BCUT2D eigenvalue weighted by molar-refractivity contribution is 5.86. The Hall–Kier alpha value is -0.640. The van der Waals surface area contributed by atoms with Crippen molar-refractivity contribution in [2.45, 2.75) is 19.8 Å². The fraction of sp³-hybridized carbons (Fsp3) is 0.889. The molecule has 1 rings (SSSR count). The van der Waals surface area contributed by atoms with Crippen LogP contribution in [-0.4, -0.2) is 42.1 Å². The average molecular weight is 188 g/mol. The summed E-state index contributed by atoms with van der Waals surface area (Å²) in [6, 6.07) is 0. The van der Waals surface area contributed by atoms with Gasteiger partial charge in [0, 0.05) is 32.0 Å². The molecule has 13 heavy (non-hydrogen) atoms. The van der Waals surface area contributed by atoms with E-state index in [-0.39, 0.29) is 6.67 Å². The van der Waals surface area contributed by atoms with E-state index in [1.54, 1.807) is 0 Å². The number of nitrogens with zero attached hydrogens (tertiary/aromatic N) is 2. The molecule has 76 valence electrons. The number of hydrogen-bond donors (Lipinski definition) is 1. The third-order valence-corrected chi connectivity index (χ3v) is 2.52. The van der Waals surface area contributed by atoms with E-state index < -0.39 is 0 Å². The van der Waals surface area contributed by atoms with Crippen molar-refractivity contribution in [2.75, 3.05) is 26.3 Å². The molecule has 0 radical (unpaired) electrons. The van der Waals surface area contributed by atoms with Gasteiger partial charge in [-0.3, -0.25) is 4.39 Å². The number of hydrogen-bond acceptors (Lipinski definition) is 3. The molecule has 1 atom stereocenters. The van der Waals surface area contributed by atoms with Crippen LogP contribution in [0, 0.1) is 5.92 Å². The number of alkyl halides is 1. The van der Waals surface area contributed by atoms with Crippen LogP contribution in [0.1, 0.15) is 19.8 Å². The SMILES string of the molecule is CC1CN(CCCF)CCC1=NO. The van der Waals surface area contributed by atoms with Crippen molar-refractivity contribution in [3.05, 3.63) is 0 Å². The Balaban J connectivity index is 2.32. The molecule has 0 bridgehead atoms.